The molecule has 0 saturated carbocycles. The van der Waals surface area contributed by atoms with Crippen LogP contribution < -0.4 is 0 Å². The van der Waals surface area contributed by atoms with Crippen LogP contribution in [0.4, 0.5) is 0 Å². The van der Waals surface area contributed by atoms with Crippen molar-refractivity contribution in [2.75, 3.05) is 7.05 Å². The predicted octanol–water partition coefficient (Wildman–Crippen LogP) is 8.04. The number of benzene rings is 1. The summed E-state index contributed by atoms with van der Waals surface area (Å²) in [5.41, 5.74) is 5.22. The summed E-state index contributed by atoms with van der Waals surface area (Å²) in [6.07, 6.45) is 17.6. The van der Waals surface area contributed by atoms with Gasteiger partial charge in [0.25, 0.3) is 0 Å². The van der Waals surface area contributed by atoms with Gasteiger partial charge in [-0.2, -0.15) is 5.10 Å². The first-order valence-electron chi connectivity index (χ1n) is 13.2. The van der Waals surface area contributed by atoms with Gasteiger partial charge < -0.3 is 0 Å². The van der Waals surface area contributed by atoms with E-state index in [-0.39, 0.29) is 5.78 Å². The van der Waals surface area contributed by atoms with Crippen molar-refractivity contribution in [3.8, 4) is 22.5 Å². The first-order chi connectivity index (χ1) is 18.0. The molecule has 1 aromatic carbocycles. The van der Waals surface area contributed by atoms with Crippen LogP contribution in [0.3, 0.4) is 0 Å². The molecule has 198 valence electrons. The van der Waals surface area contributed by atoms with Crippen LogP contribution >= 0.6 is 0 Å². The third-order valence-corrected chi connectivity index (χ3v) is 5.53. The van der Waals surface area contributed by atoms with Gasteiger partial charge in [-0.1, -0.05) is 71.4 Å². The van der Waals surface area contributed by atoms with Crippen molar-refractivity contribution in [3.05, 3.63) is 73.3 Å². The van der Waals surface area contributed by atoms with Crippen LogP contribution in [0.1, 0.15) is 78.8 Å². The lowest BCUT2D eigenvalue weighted by Crippen LogP contribution is -2.08. The fraction of sp³-hybridized carbons (Fsp3) is 0.387. The minimum Gasteiger partial charge on any atom is -0.296 e. The molecule has 0 saturated heterocycles. The number of aromatic nitrogens is 4. The second kappa shape index (κ2) is 17.7. The third kappa shape index (κ3) is 10.1. The maximum atomic E-state index is 9.69. The lowest BCUT2D eigenvalue weighted by molar-refractivity contribution is -0.112. The molecular formula is C31H43N5O. The van der Waals surface area contributed by atoms with E-state index in [2.05, 4.69) is 69.6 Å². The summed E-state index contributed by atoms with van der Waals surface area (Å²) in [6.45, 7) is 15.1. The molecule has 2 heterocycles. The number of aliphatic imine (C=N–C) groups is 1. The second-order valence-corrected chi connectivity index (χ2v) is 8.26. The van der Waals surface area contributed by atoms with Gasteiger partial charge in [0.2, 0.25) is 0 Å². The van der Waals surface area contributed by atoms with Crippen LogP contribution in [0.15, 0.2) is 72.8 Å². The number of hydrogen-bond donors (Lipinski definition) is 0. The van der Waals surface area contributed by atoms with Crippen molar-refractivity contribution in [2.45, 2.75) is 73.3 Å². The normalized spacial score (nSPS) is 11.0. The molecule has 0 spiro atoms. The van der Waals surface area contributed by atoms with Crippen LogP contribution in [-0.4, -0.2) is 38.8 Å². The lowest BCUT2D eigenvalue weighted by atomic mass is 10.0. The van der Waals surface area contributed by atoms with Crippen LogP contribution in [0.5, 0.6) is 0 Å². The van der Waals surface area contributed by atoms with Gasteiger partial charge in [-0.25, -0.2) is 9.97 Å². The Balaban J connectivity index is 0.000000874. The monoisotopic (exact) mass is 501 g/mol. The Morgan fingerprint density at radius 1 is 1.05 bits per heavy atom. The molecule has 0 aliphatic carbocycles. The van der Waals surface area contributed by atoms with Crippen LogP contribution in [0.2, 0.25) is 0 Å². The number of carbonyl (C=O) groups excluding carboxylic acids is 1. The lowest BCUT2D eigenvalue weighted by Gasteiger charge is -2.15. The van der Waals surface area contributed by atoms with Gasteiger partial charge >= 0.3 is 0 Å². The van der Waals surface area contributed by atoms with E-state index in [1.165, 1.54) is 13.0 Å². The molecule has 0 amide bonds. The molecule has 37 heavy (non-hydrogen) atoms. The molecule has 6 heteroatoms. The topological polar surface area (TPSA) is 73.0 Å². The Morgan fingerprint density at radius 3 is 2.19 bits per heavy atom. The number of rotatable bonds is 10. The standard InChI is InChI=1S/C25H31N5.C4H6O.C2H6/c1-5-9-24(10-6-2)30-18-23(17-29-30)22-15-27-25(28-16-22)21-12-8-11-20(13-21)19(7-3)14-26-4;1-3-4(2)5;1-2/h7-8,11-18,24H,5-6,9-10H2,1-4H3;3H,1H2,2H3;1-2H3/b19-7+,26-14?;;. The van der Waals surface area contributed by atoms with E-state index in [0.717, 1.165) is 53.5 Å². The summed E-state index contributed by atoms with van der Waals surface area (Å²) in [5, 5.41) is 4.61. The summed E-state index contributed by atoms with van der Waals surface area (Å²) in [6, 6.07) is 8.70. The fourth-order valence-electron chi connectivity index (χ4n) is 3.68. The Kier molecular flexibility index (Phi) is 15.0. The van der Waals surface area contributed by atoms with Crippen molar-refractivity contribution in [3.63, 3.8) is 0 Å². The molecule has 0 bridgehead atoms. The van der Waals surface area contributed by atoms with Gasteiger partial charge in [0.1, 0.15) is 0 Å². The Hall–Kier alpha value is -3.67. The quantitative estimate of drug-likeness (QED) is 0.208. The van der Waals surface area contributed by atoms with E-state index in [9.17, 15) is 4.79 Å². The highest BCUT2D eigenvalue weighted by molar-refractivity contribution is 6.09. The van der Waals surface area contributed by atoms with Gasteiger partial charge in [0.15, 0.2) is 11.6 Å². The highest BCUT2D eigenvalue weighted by Crippen LogP contribution is 2.25. The van der Waals surface area contributed by atoms with Gasteiger partial charge in [0.05, 0.1) is 12.2 Å². The third-order valence-electron chi connectivity index (χ3n) is 5.53. The Morgan fingerprint density at radius 2 is 1.68 bits per heavy atom. The van der Waals surface area contributed by atoms with E-state index in [1.54, 1.807) is 7.05 Å². The molecule has 0 N–H and O–H groups in total. The van der Waals surface area contributed by atoms with E-state index in [0.29, 0.717) is 11.9 Å². The zero-order valence-electron chi connectivity index (χ0n) is 23.6. The van der Waals surface area contributed by atoms with Gasteiger partial charge in [-0.3, -0.25) is 14.5 Å². The first-order valence-corrected chi connectivity index (χ1v) is 13.2. The zero-order chi connectivity index (χ0) is 27.6. The average Bonchev–Trinajstić information content (AvgIpc) is 3.43. The molecule has 6 nitrogen and oxygen atoms in total. The average molecular weight is 502 g/mol. The Bertz CT molecular complexity index is 1140. The van der Waals surface area contributed by atoms with Crippen LogP contribution in [0, 0.1) is 0 Å². The maximum Gasteiger partial charge on any atom is 0.159 e. The molecule has 0 atom stereocenters. The predicted molar refractivity (Wildman–Crippen MR) is 158 cm³/mol. The highest BCUT2D eigenvalue weighted by atomic mass is 16.1. The zero-order valence-corrected chi connectivity index (χ0v) is 23.6. The van der Waals surface area contributed by atoms with Gasteiger partial charge in [0, 0.05) is 48.5 Å². The minimum atomic E-state index is 0.0185. The number of nitrogens with zero attached hydrogens (tertiary/aromatic N) is 5. The summed E-state index contributed by atoms with van der Waals surface area (Å²) in [4.78, 5) is 23.1. The SMILES string of the molecule is C/C=C(\C=NC)c1cccc(-c2ncc(-c3cnn(C(CCC)CCC)c3)cn2)c1.C=CC(C)=O.CC. The Labute approximate surface area is 223 Å². The summed E-state index contributed by atoms with van der Waals surface area (Å²) in [7, 11) is 1.78. The van der Waals surface area contributed by atoms with Crippen molar-refractivity contribution in [1.82, 2.24) is 19.7 Å². The van der Waals surface area contributed by atoms with Crippen molar-refractivity contribution in [1.29, 1.82) is 0 Å². The molecule has 2 aromatic heterocycles. The molecular weight excluding hydrogens is 458 g/mol. The molecule has 3 aromatic rings. The van der Waals surface area contributed by atoms with E-state index < -0.39 is 0 Å². The van der Waals surface area contributed by atoms with Crippen molar-refractivity contribution < 1.29 is 4.79 Å². The van der Waals surface area contributed by atoms with Gasteiger partial charge in [-0.15, -0.1) is 0 Å². The largest absolute Gasteiger partial charge is 0.296 e. The fourth-order valence-corrected chi connectivity index (χ4v) is 3.68. The van der Waals surface area contributed by atoms with Crippen LogP contribution in [-0.2, 0) is 4.79 Å². The summed E-state index contributed by atoms with van der Waals surface area (Å²) in [5.74, 6) is 0.733. The smallest absolute Gasteiger partial charge is 0.159 e. The highest BCUT2D eigenvalue weighted by Gasteiger charge is 2.12. The van der Waals surface area contributed by atoms with Crippen molar-refractivity contribution in [2.24, 2.45) is 4.99 Å². The van der Waals surface area contributed by atoms with Gasteiger partial charge in [-0.05, 0) is 50.0 Å². The number of hydrogen-bond acceptors (Lipinski definition) is 5. The van der Waals surface area contributed by atoms with Crippen molar-refractivity contribution >= 4 is 17.6 Å². The molecule has 0 aliphatic rings. The number of carbonyl (C=O) groups is 1. The maximum absolute atomic E-state index is 9.69. The second-order valence-electron chi connectivity index (χ2n) is 8.26. The molecule has 0 radical (unpaired) electrons. The molecule has 0 fully saturated rings. The van der Waals surface area contributed by atoms with E-state index in [1.807, 2.05) is 57.7 Å². The molecule has 3 rings (SSSR count). The van der Waals surface area contributed by atoms with Crippen LogP contribution in [0.25, 0.3) is 28.1 Å². The summed E-state index contributed by atoms with van der Waals surface area (Å²) >= 11 is 0. The molecule has 0 unspecified atom stereocenters. The number of allylic oxidation sites excluding steroid dienone is 3. The van der Waals surface area contributed by atoms with E-state index in [4.69, 9.17) is 0 Å². The number of ketones is 1. The first kappa shape index (κ1) is 31.4. The van der Waals surface area contributed by atoms with E-state index >= 15 is 0 Å². The minimum absolute atomic E-state index is 0.0185. The summed E-state index contributed by atoms with van der Waals surface area (Å²) < 4.78 is 2.10. The molecule has 0 aliphatic heterocycles.